The van der Waals surface area contributed by atoms with Crippen LogP contribution in [0.2, 0.25) is 0 Å². The molecule has 1 N–H and O–H groups in total. The van der Waals surface area contributed by atoms with Gasteiger partial charge in [-0.2, -0.15) is 0 Å². The largest absolute Gasteiger partial charge is 0.455 e. The number of ketones is 1. The molecule has 5 heteroatoms. The standard InChI is InChI=1S/C15H17NO4/c1-9-6-13(9)15(19)20-8-14(18)16-12-5-3-4-11(7-12)10(2)17/h3-5,7,9,13H,6,8H2,1-2H3,(H,16,18). The highest BCUT2D eigenvalue weighted by atomic mass is 16.5. The van der Waals surface area contributed by atoms with Crippen molar-refractivity contribution in [1.82, 2.24) is 0 Å². The summed E-state index contributed by atoms with van der Waals surface area (Å²) >= 11 is 0. The minimum atomic E-state index is -0.410. The number of nitrogens with one attached hydrogen (secondary N) is 1. The maximum Gasteiger partial charge on any atom is 0.309 e. The maximum atomic E-state index is 11.6. The van der Waals surface area contributed by atoms with Gasteiger partial charge in [0.15, 0.2) is 12.4 Å². The Morgan fingerprint density at radius 3 is 2.65 bits per heavy atom. The molecule has 1 saturated carbocycles. The molecule has 0 bridgehead atoms. The van der Waals surface area contributed by atoms with Crippen LogP contribution in [0.4, 0.5) is 5.69 Å². The van der Waals surface area contributed by atoms with Crippen LogP contribution in [0.15, 0.2) is 24.3 Å². The van der Waals surface area contributed by atoms with Crippen LogP contribution >= 0.6 is 0 Å². The first-order valence-electron chi connectivity index (χ1n) is 6.55. The van der Waals surface area contributed by atoms with Crippen LogP contribution in [-0.2, 0) is 14.3 Å². The second-order valence-electron chi connectivity index (χ2n) is 5.11. The zero-order valence-corrected chi connectivity index (χ0v) is 11.5. The van der Waals surface area contributed by atoms with E-state index < -0.39 is 5.91 Å². The second-order valence-corrected chi connectivity index (χ2v) is 5.11. The molecule has 106 valence electrons. The summed E-state index contributed by atoms with van der Waals surface area (Å²) in [5.74, 6) is -0.491. The molecular formula is C15H17NO4. The third-order valence-corrected chi connectivity index (χ3v) is 3.31. The molecule has 5 nitrogen and oxygen atoms in total. The SMILES string of the molecule is CC(=O)c1cccc(NC(=O)COC(=O)C2CC2C)c1. The first-order valence-corrected chi connectivity index (χ1v) is 6.55. The summed E-state index contributed by atoms with van der Waals surface area (Å²) in [6.45, 7) is 3.13. The molecule has 1 aromatic carbocycles. The van der Waals surface area contributed by atoms with E-state index in [1.165, 1.54) is 6.92 Å². The molecule has 1 aromatic rings. The van der Waals surface area contributed by atoms with Crippen LogP contribution in [0.25, 0.3) is 0 Å². The van der Waals surface area contributed by atoms with E-state index in [1.807, 2.05) is 6.92 Å². The number of esters is 1. The van der Waals surface area contributed by atoms with Gasteiger partial charge in [-0.05, 0) is 31.4 Å². The highest BCUT2D eigenvalue weighted by Crippen LogP contribution is 2.38. The summed E-state index contributed by atoms with van der Waals surface area (Å²) < 4.78 is 4.93. The summed E-state index contributed by atoms with van der Waals surface area (Å²) in [5, 5.41) is 2.59. The Morgan fingerprint density at radius 2 is 2.05 bits per heavy atom. The number of hydrogen-bond acceptors (Lipinski definition) is 4. The van der Waals surface area contributed by atoms with Crippen LogP contribution in [0.1, 0.15) is 30.6 Å². The van der Waals surface area contributed by atoms with Crippen molar-refractivity contribution in [2.45, 2.75) is 20.3 Å². The molecule has 2 atom stereocenters. The molecule has 1 fully saturated rings. The van der Waals surface area contributed by atoms with E-state index in [2.05, 4.69) is 5.32 Å². The maximum absolute atomic E-state index is 11.6. The molecule has 2 unspecified atom stereocenters. The lowest BCUT2D eigenvalue weighted by molar-refractivity contribution is -0.148. The van der Waals surface area contributed by atoms with Crippen molar-refractivity contribution in [1.29, 1.82) is 0 Å². The minimum Gasteiger partial charge on any atom is -0.455 e. The van der Waals surface area contributed by atoms with Gasteiger partial charge in [0.25, 0.3) is 5.91 Å². The lowest BCUT2D eigenvalue weighted by Crippen LogP contribution is -2.21. The lowest BCUT2D eigenvalue weighted by Gasteiger charge is -2.07. The number of Topliss-reactive ketones (excluding diaryl/α,β-unsaturated/α-hetero) is 1. The zero-order chi connectivity index (χ0) is 14.7. The van der Waals surface area contributed by atoms with Gasteiger partial charge in [0.05, 0.1) is 5.92 Å². The van der Waals surface area contributed by atoms with Crippen molar-refractivity contribution in [3.05, 3.63) is 29.8 Å². The molecule has 0 aliphatic heterocycles. The summed E-state index contributed by atoms with van der Waals surface area (Å²) in [4.78, 5) is 34.3. The number of benzene rings is 1. The van der Waals surface area contributed by atoms with Crippen LogP contribution in [-0.4, -0.2) is 24.3 Å². The van der Waals surface area contributed by atoms with Gasteiger partial charge < -0.3 is 10.1 Å². The van der Waals surface area contributed by atoms with Crippen molar-refractivity contribution in [2.24, 2.45) is 11.8 Å². The number of carbonyl (C=O) groups excluding carboxylic acids is 3. The van der Waals surface area contributed by atoms with E-state index in [0.29, 0.717) is 17.2 Å². The molecule has 0 saturated heterocycles. The zero-order valence-electron chi connectivity index (χ0n) is 11.5. The third kappa shape index (κ3) is 3.66. The van der Waals surface area contributed by atoms with Crippen molar-refractivity contribution < 1.29 is 19.1 Å². The van der Waals surface area contributed by atoms with Crippen molar-refractivity contribution in [3.63, 3.8) is 0 Å². The number of anilines is 1. The molecule has 0 aromatic heterocycles. The van der Waals surface area contributed by atoms with Crippen LogP contribution < -0.4 is 5.32 Å². The van der Waals surface area contributed by atoms with Crippen LogP contribution in [0.5, 0.6) is 0 Å². The number of amides is 1. The monoisotopic (exact) mass is 275 g/mol. The van der Waals surface area contributed by atoms with E-state index in [-0.39, 0.29) is 24.3 Å². The molecule has 1 amide bonds. The number of hydrogen-bond donors (Lipinski definition) is 1. The summed E-state index contributed by atoms with van der Waals surface area (Å²) in [6, 6.07) is 6.62. The predicted octanol–water partition coefficient (Wildman–Crippen LogP) is 2.03. The second kappa shape index (κ2) is 5.86. The molecule has 0 radical (unpaired) electrons. The Kier molecular flexibility index (Phi) is 4.17. The van der Waals surface area contributed by atoms with Gasteiger partial charge in [-0.25, -0.2) is 0 Å². The number of rotatable bonds is 5. The van der Waals surface area contributed by atoms with Gasteiger partial charge >= 0.3 is 5.97 Å². The molecule has 0 spiro atoms. The summed E-state index contributed by atoms with van der Waals surface area (Å²) in [6.07, 6.45) is 0.834. The van der Waals surface area contributed by atoms with Gasteiger partial charge in [0, 0.05) is 11.3 Å². The highest BCUT2D eigenvalue weighted by Gasteiger charge is 2.40. The number of ether oxygens (including phenoxy) is 1. The van der Waals surface area contributed by atoms with Crippen LogP contribution in [0.3, 0.4) is 0 Å². The van der Waals surface area contributed by atoms with E-state index in [4.69, 9.17) is 4.74 Å². The van der Waals surface area contributed by atoms with Crippen molar-refractivity contribution in [3.8, 4) is 0 Å². The molecule has 20 heavy (non-hydrogen) atoms. The average molecular weight is 275 g/mol. The fraction of sp³-hybridized carbons (Fsp3) is 0.400. The van der Waals surface area contributed by atoms with Crippen molar-refractivity contribution >= 4 is 23.3 Å². The Bertz CT molecular complexity index is 553. The first kappa shape index (κ1) is 14.2. The van der Waals surface area contributed by atoms with Crippen molar-refractivity contribution in [2.75, 3.05) is 11.9 Å². The van der Waals surface area contributed by atoms with Crippen LogP contribution in [0, 0.1) is 11.8 Å². The van der Waals surface area contributed by atoms with Gasteiger partial charge in [-0.1, -0.05) is 19.1 Å². The number of carbonyl (C=O) groups is 3. The van der Waals surface area contributed by atoms with Gasteiger partial charge in [-0.15, -0.1) is 0 Å². The van der Waals surface area contributed by atoms with E-state index >= 15 is 0 Å². The van der Waals surface area contributed by atoms with Gasteiger partial charge in [-0.3, -0.25) is 14.4 Å². The van der Waals surface area contributed by atoms with Gasteiger partial charge in [0.1, 0.15) is 0 Å². The minimum absolute atomic E-state index is 0.0520. The Labute approximate surface area is 117 Å². The van der Waals surface area contributed by atoms with E-state index in [0.717, 1.165) is 6.42 Å². The lowest BCUT2D eigenvalue weighted by atomic mass is 10.1. The van der Waals surface area contributed by atoms with Gasteiger partial charge in [0.2, 0.25) is 0 Å². The topological polar surface area (TPSA) is 72.5 Å². The molecule has 2 rings (SSSR count). The Morgan fingerprint density at radius 1 is 1.35 bits per heavy atom. The molecule has 1 aliphatic carbocycles. The predicted molar refractivity (Wildman–Crippen MR) is 73.3 cm³/mol. The van der Waals surface area contributed by atoms with E-state index in [9.17, 15) is 14.4 Å². The van der Waals surface area contributed by atoms with E-state index in [1.54, 1.807) is 24.3 Å². The smallest absolute Gasteiger partial charge is 0.309 e. The fourth-order valence-electron chi connectivity index (χ4n) is 1.91. The molecule has 0 heterocycles. The third-order valence-electron chi connectivity index (χ3n) is 3.31. The normalized spacial score (nSPS) is 20.1. The fourth-order valence-corrected chi connectivity index (χ4v) is 1.91. The quantitative estimate of drug-likeness (QED) is 0.659. The highest BCUT2D eigenvalue weighted by molar-refractivity contribution is 5.97. The summed E-state index contributed by atoms with van der Waals surface area (Å²) in [5.41, 5.74) is 1.03. The average Bonchev–Trinajstić information content (AvgIpc) is 3.13. The first-order chi connectivity index (χ1) is 9.47. The molecule has 1 aliphatic rings. The Balaban J connectivity index is 1.83. The summed E-state index contributed by atoms with van der Waals surface area (Å²) in [7, 11) is 0. The Hall–Kier alpha value is -2.17. The molecular weight excluding hydrogens is 258 g/mol.